The molecule has 3 heterocycles. The number of likely N-dealkylation sites (tertiary alicyclic amines) is 1. The van der Waals surface area contributed by atoms with Crippen LogP contribution in [0.5, 0.6) is 0 Å². The quantitative estimate of drug-likeness (QED) is 0.207. The Balaban J connectivity index is 1.76. The van der Waals surface area contributed by atoms with Crippen LogP contribution in [0.4, 0.5) is 11.4 Å². The average molecular weight is 570 g/mol. The minimum Gasteiger partial charge on any atom is -0.466 e. The molecule has 3 aliphatic rings. The van der Waals surface area contributed by atoms with Crippen LogP contribution in [0.25, 0.3) is 0 Å². The van der Waals surface area contributed by atoms with Crippen molar-refractivity contribution in [2.75, 3.05) is 49.2 Å². The highest BCUT2D eigenvalue weighted by atomic mass is 16.6. The Hall–Kier alpha value is -2.91. The summed E-state index contributed by atoms with van der Waals surface area (Å²) in [6.07, 6.45) is 4.16. The molecule has 9 nitrogen and oxygen atoms in total. The summed E-state index contributed by atoms with van der Waals surface area (Å²) in [4.78, 5) is 47.8. The van der Waals surface area contributed by atoms with E-state index in [2.05, 4.69) is 25.3 Å². The number of fused-ring (bicyclic) bond motifs is 1. The Morgan fingerprint density at radius 3 is 2.39 bits per heavy atom. The van der Waals surface area contributed by atoms with Gasteiger partial charge in [0.2, 0.25) is 5.91 Å². The van der Waals surface area contributed by atoms with E-state index < -0.39 is 35.0 Å². The Bertz CT molecular complexity index is 1120. The molecule has 3 saturated heterocycles. The van der Waals surface area contributed by atoms with Gasteiger partial charge in [-0.1, -0.05) is 13.0 Å². The van der Waals surface area contributed by atoms with Gasteiger partial charge in [0.05, 0.1) is 18.1 Å². The molecule has 9 heteroatoms. The van der Waals surface area contributed by atoms with E-state index >= 15 is 0 Å². The van der Waals surface area contributed by atoms with Crippen LogP contribution in [0, 0.1) is 17.8 Å². The maximum Gasteiger partial charge on any atom is 0.312 e. The first-order valence-electron chi connectivity index (χ1n) is 15.2. The van der Waals surface area contributed by atoms with E-state index in [9.17, 15) is 19.5 Å². The highest BCUT2D eigenvalue weighted by molar-refractivity contribution is 6.05. The maximum atomic E-state index is 14.7. The summed E-state index contributed by atoms with van der Waals surface area (Å²) in [7, 11) is 0. The van der Waals surface area contributed by atoms with Gasteiger partial charge >= 0.3 is 5.97 Å². The summed E-state index contributed by atoms with van der Waals surface area (Å²) < 4.78 is 12.2. The van der Waals surface area contributed by atoms with Crippen LogP contribution < -0.4 is 9.80 Å². The van der Waals surface area contributed by atoms with Gasteiger partial charge in [-0.05, 0) is 83.6 Å². The summed E-state index contributed by atoms with van der Waals surface area (Å²) in [5, 5.41) is 9.29. The van der Waals surface area contributed by atoms with Gasteiger partial charge in [-0.3, -0.25) is 14.4 Å². The molecule has 6 atom stereocenters. The second-order valence-electron chi connectivity index (χ2n) is 11.7. The van der Waals surface area contributed by atoms with Crippen molar-refractivity contribution in [3.05, 3.63) is 36.9 Å². The van der Waals surface area contributed by atoms with Gasteiger partial charge in [-0.2, -0.15) is 0 Å². The van der Waals surface area contributed by atoms with Crippen molar-refractivity contribution in [3.63, 3.8) is 0 Å². The number of unbranched alkanes of at least 4 members (excludes halogenated alkanes) is 2. The SMILES string of the molecule is C=CCN(C(=O)C1N(CCCCCO)C(=O)[C@@H]2[C@@H](C(=O)OCC)[C@]3(C)OC12CC3C)c1ccc(N(CC)CC)cc1. The van der Waals surface area contributed by atoms with Crippen molar-refractivity contribution in [1.82, 2.24) is 4.90 Å². The summed E-state index contributed by atoms with van der Waals surface area (Å²) in [5.41, 5.74) is -0.242. The molecule has 41 heavy (non-hydrogen) atoms. The Labute approximate surface area is 244 Å². The number of nitrogens with zero attached hydrogens (tertiary/aromatic N) is 3. The molecular weight excluding hydrogens is 522 g/mol. The first-order chi connectivity index (χ1) is 19.6. The molecular formula is C32H47N3O6. The number of amides is 2. The van der Waals surface area contributed by atoms with Crippen LogP contribution in [0.3, 0.4) is 0 Å². The molecule has 1 aromatic carbocycles. The summed E-state index contributed by atoms with van der Waals surface area (Å²) in [6, 6.07) is 7.00. The molecule has 1 spiro atoms. The van der Waals surface area contributed by atoms with Gasteiger partial charge in [0.25, 0.3) is 5.91 Å². The molecule has 0 aromatic heterocycles. The minimum absolute atomic E-state index is 0.0493. The predicted octanol–water partition coefficient (Wildman–Crippen LogP) is 3.79. The first kappa shape index (κ1) is 31.0. The van der Waals surface area contributed by atoms with Crippen molar-refractivity contribution in [1.29, 1.82) is 0 Å². The number of aliphatic hydroxyl groups excluding tert-OH is 1. The Morgan fingerprint density at radius 1 is 1.15 bits per heavy atom. The van der Waals surface area contributed by atoms with Crippen LogP contribution in [0.15, 0.2) is 36.9 Å². The van der Waals surface area contributed by atoms with E-state index in [1.165, 1.54) is 0 Å². The lowest BCUT2D eigenvalue weighted by atomic mass is 9.62. The molecule has 3 fully saturated rings. The van der Waals surface area contributed by atoms with E-state index in [0.717, 1.165) is 25.2 Å². The molecule has 3 aliphatic heterocycles. The molecule has 3 unspecified atom stereocenters. The third-order valence-electron chi connectivity index (χ3n) is 9.51. The van der Waals surface area contributed by atoms with Crippen molar-refractivity contribution in [3.8, 4) is 0 Å². The van der Waals surface area contributed by atoms with Crippen LogP contribution in [-0.4, -0.2) is 84.4 Å². The second kappa shape index (κ2) is 12.5. The number of hydrogen-bond acceptors (Lipinski definition) is 7. The minimum atomic E-state index is -1.13. The van der Waals surface area contributed by atoms with Gasteiger partial charge in [-0.15, -0.1) is 6.58 Å². The lowest BCUT2D eigenvalue weighted by molar-refractivity contribution is -0.161. The molecule has 4 rings (SSSR count). The molecule has 1 aromatic rings. The van der Waals surface area contributed by atoms with Crippen molar-refractivity contribution < 1.29 is 29.0 Å². The van der Waals surface area contributed by atoms with Gasteiger partial charge in [0.1, 0.15) is 17.6 Å². The van der Waals surface area contributed by atoms with Gasteiger partial charge in [0.15, 0.2) is 0 Å². The van der Waals surface area contributed by atoms with Crippen LogP contribution in [-0.2, 0) is 23.9 Å². The standard InChI is InChI=1S/C32H47N3O6/c1-7-18-34(24-16-14-23(15-17-24)33(8-2)9-3)29(38)27-32-21-22(5)31(6,41-32)26(30(39)40-10-4)25(32)28(37)35(27)19-12-11-13-20-36/h7,14-17,22,25-27,36H,1,8-13,18-21H2,2-6H3/t22?,25-,26-,27?,31+,32?/m0/s1. The highest BCUT2D eigenvalue weighted by Crippen LogP contribution is 2.65. The Morgan fingerprint density at radius 2 is 1.80 bits per heavy atom. The molecule has 226 valence electrons. The molecule has 0 radical (unpaired) electrons. The number of rotatable bonds is 14. The van der Waals surface area contributed by atoms with Gasteiger partial charge in [-0.25, -0.2) is 0 Å². The van der Waals surface area contributed by atoms with Crippen molar-refractivity contribution in [2.24, 2.45) is 17.8 Å². The van der Waals surface area contributed by atoms with Crippen LogP contribution in [0.1, 0.15) is 60.3 Å². The van der Waals surface area contributed by atoms with Crippen LogP contribution in [0.2, 0.25) is 0 Å². The largest absolute Gasteiger partial charge is 0.466 e. The zero-order chi connectivity index (χ0) is 29.9. The molecule has 1 N–H and O–H groups in total. The number of hydrogen-bond donors (Lipinski definition) is 1. The average Bonchev–Trinajstić information content (AvgIpc) is 3.47. The van der Waals surface area contributed by atoms with Crippen LogP contribution >= 0.6 is 0 Å². The number of carbonyl (C=O) groups excluding carboxylic acids is 3. The monoisotopic (exact) mass is 569 g/mol. The normalized spacial score (nSPS) is 29.9. The molecule has 0 aliphatic carbocycles. The number of aliphatic hydroxyl groups is 1. The molecule has 2 bridgehead atoms. The zero-order valence-corrected chi connectivity index (χ0v) is 25.3. The van der Waals surface area contributed by atoms with E-state index in [4.69, 9.17) is 9.47 Å². The van der Waals surface area contributed by atoms with E-state index in [1.54, 1.807) is 22.8 Å². The summed E-state index contributed by atoms with van der Waals surface area (Å²) >= 11 is 0. The first-order valence-corrected chi connectivity index (χ1v) is 15.2. The lowest BCUT2D eigenvalue weighted by Crippen LogP contribution is -2.57. The summed E-state index contributed by atoms with van der Waals surface area (Å²) in [6.45, 7) is 16.4. The zero-order valence-electron chi connectivity index (χ0n) is 25.3. The fraction of sp³-hybridized carbons (Fsp3) is 0.656. The van der Waals surface area contributed by atoms with E-state index in [1.807, 2.05) is 38.1 Å². The number of anilines is 2. The number of esters is 1. The van der Waals surface area contributed by atoms with Gasteiger partial charge in [0, 0.05) is 44.2 Å². The highest BCUT2D eigenvalue weighted by Gasteiger charge is 2.80. The summed E-state index contributed by atoms with van der Waals surface area (Å²) in [5.74, 6) is -2.52. The smallest absolute Gasteiger partial charge is 0.312 e. The fourth-order valence-electron chi connectivity index (χ4n) is 7.45. The third kappa shape index (κ3) is 5.16. The van der Waals surface area contributed by atoms with Crippen molar-refractivity contribution >= 4 is 29.2 Å². The third-order valence-corrected chi connectivity index (χ3v) is 9.51. The second-order valence-corrected chi connectivity index (χ2v) is 11.7. The molecule has 2 amide bonds. The number of benzene rings is 1. The fourth-order valence-corrected chi connectivity index (χ4v) is 7.45. The predicted molar refractivity (Wildman–Crippen MR) is 159 cm³/mol. The van der Waals surface area contributed by atoms with Crippen molar-refractivity contribution in [2.45, 2.75) is 77.5 Å². The van der Waals surface area contributed by atoms with E-state index in [-0.39, 0.29) is 37.5 Å². The Kier molecular flexibility index (Phi) is 9.49. The number of ether oxygens (including phenoxy) is 2. The lowest BCUT2D eigenvalue weighted by Gasteiger charge is -2.37. The van der Waals surface area contributed by atoms with Gasteiger partial charge < -0.3 is 29.3 Å². The topological polar surface area (TPSA) is 99.6 Å². The maximum absolute atomic E-state index is 14.7. The molecule has 0 saturated carbocycles. The van der Waals surface area contributed by atoms with E-state index in [0.29, 0.717) is 31.5 Å². The number of carbonyl (C=O) groups is 3.